The fraction of sp³-hybridized carbons (Fsp3) is 0.643. The highest BCUT2D eigenvalue weighted by atomic mass is 31.2. The summed E-state index contributed by atoms with van der Waals surface area (Å²) >= 11 is 0. The summed E-state index contributed by atoms with van der Waals surface area (Å²) in [6.45, 7) is 2.80. The van der Waals surface area contributed by atoms with Gasteiger partial charge in [0.1, 0.15) is 12.2 Å². The SMILES string of the molecule is C=P(C)(C)CC[C@H]1O[C@@H](n2cc(CN)c(=O)[nH]c2=O)[C@H](O)[C@@H]1O. The van der Waals surface area contributed by atoms with E-state index in [2.05, 4.69) is 24.6 Å². The molecule has 1 saturated heterocycles. The summed E-state index contributed by atoms with van der Waals surface area (Å²) < 4.78 is 6.75. The summed E-state index contributed by atoms with van der Waals surface area (Å²) in [7, 11) is 0. The van der Waals surface area contributed by atoms with Gasteiger partial charge in [0.25, 0.3) is 5.56 Å². The molecule has 23 heavy (non-hydrogen) atoms. The van der Waals surface area contributed by atoms with Crippen LogP contribution in [-0.2, 0) is 11.3 Å². The second-order valence-corrected chi connectivity index (χ2v) is 10.8. The lowest BCUT2D eigenvalue weighted by Gasteiger charge is -2.19. The quantitative estimate of drug-likeness (QED) is 0.492. The normalized spacial score (nSPS) is 28.2. The number of ether oxygens (including phenoxy) is 1. The first-order valence-electron chi connectivity index (χ1n) is 7.37. The average Bonchev–Trinajstić information content (AvgIpc) is 2.73. The standard InChI is InChI=1S/C14H24N3O5P/c1-23(2,3)5-4-9-10(18)11(19)13(22-9)17-7-8(6-15)12(20)16-14(17)21/h7,9-11,13,18-19H,1,4-6,15H2,2-3H3,(H,16,20,21)/t9-,10-,11-,13-/m1/s1. The second-order valence-electron chi connectivity index (χ2n) is 6.52. The van der Waals surface area contributed by atoms with Crippen molar-refractivity contribution in [2.24, 2.45) is 5.73 Å². The molecule has 0 saturated carbocycles. The summed E-state index contributed by atoms with van der Waals surface area (Å²) in [6, 6.07) is 0. The Labute approximate surface area is 133 Å². The largest absolute Gasteiger partial charge is 0.388 e. The van der Waals surface area contributed by atoms with Gasteiger partial charge in [-0.2, -0.15) is 0 Å². The van der Waals surface area contributed by atoms with Gasteiger partial charge in [-0.05, 0) is 25.9 Å². The zero-order chi connectivity index (χ0) is 17.4. The van der Waals surface area contributed by atoms with Crippen LogP contribution in [0.1, 0.15) is 18.2 Å². The van der Waals surface area contributed by atoms with E-state index in [-0.39, 0.29) is 12.1 Å². The third-order valence-corrected chi connectivity index (χ3v) is 5.36. The lowest BCUT2D eigenvalue weighted by molar-refractivity contribution is -0.0403. The Morgan fingerprint density at radius 3 is 2.61 bits per heavy atom. The molecule has 0 unspecified atom stereocenters. The molecule has 2 rings (SSSR count). The molecule has 1 fully saturated rings. The van der Waals surface area contributed by atoms with Crippen LogP contribution in [0.3, 0.4) is 0 Å². The Morgan fingerprint density at radius 1 is 1.39 bits per heavy atom. The molecule has 1 aromatic heterocycles. The van der Waals surface area contributed by atoms with Gasteiger partial charge in [0.2, 0.25) is 0 Å². The number of aliphatic hydroxyl groups excluding tert-OH is 2. The third-order valence-electron chi connectivity index (χ3n) is 3.89. The van der Waals surface area contributed by atoms with Gasteiger partial charge >= 0.3 is 5.69 Å². The Bertz CT molecular complexity index is 722. The summed E-state index contributed by atoms with van der Waals surface area (Å²) in [6.07, 6.45) is 2.69. The molecule has 1 aliphatic rings. The molecule has 4 atom stereocenters. The molecule has 0 aromatic carbocycles. The topological polar surface area (TPSA) is 131 Å². The average molecular weight is 345 g/mol. The molecule has 5 N–H and O–H groups in total. The van der Waals surface area contributed by atoms with Crippen LogP contribution in [0.25, 0.3) is 0 Å². The minimum absolute atomic E-state index is 0.0510. The minimum atomic E-state index is -1.29. The van der Waals surface area contributed by atoms with Gasteiger partial charge < -0.3 is 20.7 Å². The fourth-order valence-electron chi connectivity index (χ4n) is 2.54. The first kappa shape index (κ1) is 18.2. The van der Waals surface area contributed by atoms with Crippen LogP contribution in [0.2, 0.25) is 0 Å². The van der Waals surface area contributed by atoms with Gasteiger partial charge in [-0.15, -0.1) is 13.2 Å². The highest BCUT2D eigenvalue weighted by Crippen LogP contribution is 2.39. The summed E-state index contributed by atoms with van der Waals surface area (Å²) in [5, 5.41) is 20.4. The number of H-pyrrole nitrogens is 1. The van der Waals surface area contributed by atoms with Gasteiger partial charge in [-0.25, -0.2) is 4.79 Å². The molecular formula is C14H24N3O5P. The number of nitrogens with zero attached hydrogens (tertiary/aromatic N) is 1. The maximum atomic E-state index is 12.0. The highest BCUT2D eigenvalue weighted by Gasteiger charge is 2.43. The van der Waals surface area contributed by atoms with Crippen molar-refractivity contribution >= 4 is 13.2 Å². The first-order chi connectivity index (χ1) is 10.6. The number of nitrogens with one attached hydrogen (secondary N) is 1. The van der Waals surface area contributed by atoms with Crippen molar-refractivity contribution in [3.8, 4) is 0 Å². The smallest absolute Gasteiger partial charge is 0.330 e. The molecule has 130 valence electrons. The van der Waals surface area contributed by atoms with E-state index in [0.29, 0.717) is 6.42 Å². The van der Waals surface area contributed by atoms with Crippen LogP contribution in [0.15, 0.2) is 15.8 Å². The first-order valence-corrected chi connectivity index (χ1v) is 10.4. The number of aromatic nitrogens is 2. The fourth-order valence-corrected chi connectivity index (χ4v) is 3.49. The van der Waals surface area contributed by atoms with E-state index in [0.717, 1.165) is 10.7 Å². The molecule has 0 amide bonds. The highest BCUT2D eigenvalue weighted by molar-refractivity contribution is 7.72. The second kappa shape index (κ2) is 6.75. The van der Waals surface area contributed by atoms with Gasteiger partial charge in [-0.3, -0.25) is 14.3 Å². The predicted octanol–water partition coefficient (Wildman–Crippen LogP) is -1.29. The van der Waals surface area contributed by atoms with E-state index < -0.39 is 42.7 Å². The van der Waals surface area contributed by atoms with Gasteiger partial charge in [-0.1, -0.05) is 0 Å². The van der Waals surface area contributed by atoms with Crippen molar-refractivity contribution in [3.05, 3.63) is 32.6 Å². The van der Waals surface area contributed by atoms with Crippen molar-refractivity contribution in [1.29, 1.82) is 0 Å². The lowest BCUT2D eigenvalue weighted by Crippen LogP contribution is -2.39. The molecule has 1 aliphatic heterocycles. The number of rotatable bonds is 5. The predicted molar refractivity (Wildman–Crippen MR) is 90.5 cm³/mol. The molecule has 0 radical (unpaired) electrons. The van der Waals surface area contributed by atoms with Gasteiger partial charge in [0.15, 0.2) is 6.23 Å². The van der Waals surface area contributed by atoms with Gasteiger partial charge in [0, 0.05) is 18.3 Å². The van der Waals surface area contributed by atoms with E-state index in [4.69, 9.17) is 10.5 Å². The number of hydrogen-bond acceptors (Lipinski definition) is 6. The molecule has 0 aliphatic carbocycles. The van der Waals surface area contributed by atoms with Crippen molar-refractivity contribution in [1.82, 2.24) is 9.55 Å². The molecule has 8 nitrogen and oxygen atoms in total. The Morgan fingerprint density at radius 2 is 2.04 bits per heavy atom. The number of aromatic amines is 1. The molecular weight excluding hydrogens is 321 g/mol. The van der Waals surface area contributed by atoms with Crippen molar-refractivity contribution < 1.29 is 14.9 Å². The Hall–Kier alpha value is -1.18. The monoisotopic (exact) mass is 345 g/mol. The van der Waals surface area contributed by atoms with Crippen LogP contribution < -0.4 is 17.0 Å². The molecule has 0 spiro atoms. The van der Waals surface area contributed by atoms with Crippen LogP contribution in [0, 0.1) is 0 Å². The number of aliphatic hydroxyl groups is 2. The number of nitrogens with two attached hydrogens (primary N) is 1. The zero-order valence-corrected chi connectivity index (χ0v) is 14.2. The summed E-state index contributed by atoms with van der Waals surface area (Å²) in [4.78, 5) is 25.7. The van der Waals surface area contributed by atoms with Crippen LogP contribution in [0.5, 0.6) is 0 Å². The molecule has 2 heterocycles. The Kier molecular flexibility index (Phi) is 5.33. The minimum Gasteiger partial charge on any atom is -0.388 e. The van der Waals surface area contributed by atoms with E-state index in [9.17, 15) is 19.8 Å². The van der Waals surface area contributed by atoms with Gasteiger partial charge in [0.05, 0.1) is 6.10 Å². The molecule has 0 bridgehead atoms. The van der Waals surface area contributed by atoms with E-state index >= 15 is 0 Å². The van der Waals surface area contributed by atoms with E-state index in [1.54, 1.807) is 0 Å². The maximum Gasteiger partial charge on any atom is 0.330 e. The summed E-state index contributed by atoms with van der Waals surface area (Å²) in [5.41, 5.74) is 4.38. The lowest BCUT2D eigenvalue weighted by atomic mass is 10.1. The van der Waals surface area contributed by atoms with Crippen LogP contribution in [0.4, 0.5) is 0 Å². The van der Waals surface area contributed by atoms with Crippen LogP contribution >= 0.6 is 6.89 Å². The Balaban J connectivity index is 2.26. The van der Waals surface area contributed by atoms with Crippen molar-refractivity contribution in [2.75, 3.05) is 19.5 Å². The van der Waals surface area contributed by atoms with Crippen LogP contribution in [-0.4, -0.2) is 63.9 Å². The molecule has 9 heteroatoms. The van der Waals surface area contributed by atoms with Crippen molar-refractivity contribution in [3.63, 3.8) is 0 Å². The van der Waals surface area contributed by atoms with E-state index in [1.165, 1.54) is 6.20 Å². The third kappa shape index (κ3) is 4.02. The molecule has 1 aromatic rings. The zero-order valence-electron chi connectivity index (χ0n) is 13.3. The maximum absolute atomic E-state index is 12.0. The number of hydrogen-bond donors (Lipinski definition) is 4. The van der Waals surface area contributed by atoms with E-state index in [1.807, 2.05) is 0 Å². The van der Waals surface area contributed by atoms with Crippen molar-refractivity contribution in [2.45, 2.75) is 37.5 Å². The summed E-state index contributed by atoms with van der Waals surface area (Å²) in [5.74, 6) is 0.